The summed E-state index contributed by atoms with van der Waals surface area (Å²) in [6.45, 7) is 1.99. The molecule has 0 aliphatic rings. The zero-order chi connectivity index (χ0) is 6.41. The maximum atomic E-state index is 5.43. The molecule has 0 bridgehead atoms. The predicted molar refractivity (Wildman–Crippen MR) is 33.8 cm³/mol. The highest BCUT2D eigenvalue weighted by atomic mass is 16.6. The van der Waals surface area contributed by atoms with Gasteiger partial charge in [0.15, 0.2) is 0 Å². The van der Waals surface area contributed by atoms with Gasteiger partial charge in [-0.15, -0.1) is 0 Å². The standard InChI is InChI=1S/C5H12N2O/c1-3-5(6)4-7-8-2/h4-5H,3,6H2,1-2H3/b7-4+. The Hall–Kier alpha value is -0.570. The van der Waals surface area contributed by atoms with Crippen molar-refractivity contribution in [3.63, 3.8) is 0 Å². The Labute approximate surface area is 49.5 Å². The van der Waals surface area contributed by atoms with Crippen LogP contribution in [0.3, 0.4) is 0 Å². The first kappa shape index (κ1) is 7.43. The summed E-state index contributed by atoms with van der Waals surface area (Å²) in [6.07, 6.45) is 2.48. The lowest BCUT2D eigenvalue weighted by molar-refractivity contribution is 0.214. The van der Waals surface area contributed by atoms with Crippen molar-refractivity contribution < 1.29 is 4.84 Å². The van der Waals surface area contributed by atoms with Crippen LogP contribution in [0.1, 0.15) is 13.3 Å². The van der Waals surface area contributed by atoms with Crippen molar-refractivity contribution in [1.29, 1.82) is 0 Å². The van der Waals surface area contributed by atoms with E-state index in [1.54, 1.807) is 6.21 Å². The van der Waals surface area contributed by atoms with E-state index in [1.807, 2.05) is 6.92 Å². The summed E-state index contributed by atoms with van der Waals surface area (Å²) in [5.41, 5.74) is 5.43. The van der Waals surface area contributed by atoms with Crippen LogP contribution in [-0.2, 0) is 4.84 Å². The van der Waals surface area contributed by atoms with E-state index < -0.39 is 0 Å². The third-order valence-corrected chi connectivity index (χ3v) is 0.829. The van der Waals surface area contributed by atoms with Crippen molar-refractivity contribution in [2.75, 3.05) is 7.11 Å². The van der Waals surface area contributed by atoms with Gasteiger partial charge < -0.3 is 10.6 Å². The molecule has 0 radical (unpaired) electrons. The van der Waals surface area contributed by atoms with E-state index >= 15 is 0 Å². The average Bonchev–Trinajstić information content (AvgIpc) is 1.83. The molecule has 2 N–H and O–H groups in total. The fourth-order valence-electron chi connectivity index (χ4n) is 0.244. The molecule has 8 heavy (non-hydrogen) atoms. The van der Waals surface area contributed by atoms with Crippen LogP contribution in [0.4, 0.5) is 0 Å². The zero-order valence-corrected chi connectivity index (χ0v) is 5.29. The van der Waals surface area contributed by atoms with Crippen molar-refractivity contribution in [3.05, 3.63) is 0 Å². The summed E-state index contributed by atoms with van der Waals surface area (Å²) >= 11 is 0. The van der Waals surface area contributed by atoms with Crippen molar-refractivity contribution in [3.8, 4) is 0 Å². The topological polar surface area (TPSA) is 47.6 Å². The molecule has 0 aliphatic heterocycles. The van der Waals surface area contributed by atoms with E-state index in [0.29, 0.717) is 0 Å². The van der Waals surface area contributed by atoms with Gasteiger partial charge in [-0.25, -0.2) is 0 Å². The molecule has 0 heterocycles. The van der Waals surface area contributed by atoms with Crippen LogP contribution >= 0.6 is 0 Å². The molecule has 0 aromatic carbocycles. The first-order valence-corrected chi connectivity index (χ1v) is 2.63. The van der Waals surface area contributed by atoms with Gasteiger partial charge in [-0.3, -0.25) is 0 Å². The first-order chi connectivity index (χ1) is 3.81. The molecule has 0 rings (SSSR count). The molecule has 0 spiro atoms. The summed E-state index contributed by atoms with van der Waals surface area (Å²) in [5, 5.41) is 3.49. The molecule has 3 heteroatoms. The van der Waals surface area contributed by atoms with Gasteiger partial charge in [-0.1, -0.05) is 12.1 Å². The number of nitrogens with zero attached hydrogens (tertiary/aromatic N) is 1. The van der Waals surface area contributed by atoms with Gasteiger partial charge in [0.1, 0.15) is 7.11 Å². The van der Waals surface area contributed by atoms with Crippen LogP contribution in [-0.4, -0.2) is 19.4 Å². The minimum atomic E-state index is 0.0370. The lowest BCUT2D eigenvalue weighted by Gasteiger charge is -1.96. The molecule has 0 aliphatic carbocycles. The van der Waals surface area contributed by atoms with Gasteiger partial charge in [0.2, 0.25) is 0 Å². The van der Waals surface area contributed by atoms with Crippen molar-refractivity contribution >= 4 is 6.21 Å². The summed E-state index contributed by atoms with van der Waals surface area (Å²) in [7, 11) is 1.50. The van der Waals surface area contributed by atoms with Crippen LogP contribution in [0.15, 0.2) is 5.16 Å². The monoisotopic (exact) mass is 116 g/mol. The van der Waals surface area contributed by atoms with E-state index in [2.05, 4.69) is 9.99 Å². The van der Waals surface area contributed by atoms with Crippen LogP contribution in [0.5, 0.6) is 0 Å². The van der Waals surface area contributed by atoms with Gasteiger partial charge >= 0.3 is 0 Å². The van der Waals surface area contributed by atoms with Crippen molar-refractivity contribution in [2.24, 2.45) is 10.9 Å². The van der Waals surface area contributed by atoms with Crippen LogP contribution < -0.4 is 5.73 Å². The molecule has 1 atom stereocenters. The number of hydrogen-bond acceptors (Lipinski definition) is 3. The minimum absolute atomic E-state index is 0.0370. The summed E-state index contributed by atoms with van der Waals surface area (Å²) in [6, 6.07) is 0.0370. The SMILES string of the molecule is CCC(N)/C=N/OC. The predicted octanol–water partition coefficient (Wildman–Crippen LogP) is 0.356. The molecule has 0 saturated carbocycles. The van der Waals surface area contributed by atoms with E-state index in [0.717, 1.165) is 6.42 Å². The second kappa shape index (κ2) is 4.59. The molecule has 0 aromatic rings. The molecule has 1 unspecified atom stereocenters. The summed E-state index contributed by atoms with van der Waals surface area (Å²) in [4.78, 5) is 4.40. The largest absolute Gasteiger partial charge is 0.399 e. The van der Waals surface area contributed by atoms with E-state index in [1.165, 1.54) is 7.11 Å². The highest BCUT2D eigenvalue weighted by Gasteiger charge is 1.89. The number of nitrogens with two attached hydrogens (primary N) is 1. The Kier molecular flexibility index (Phi) is 4.26. The van der Waals surface area contributed by atoms with Crippen molar-refractivity contribution in [1.82, 2.24) is 0 Å². The van der Waals surface area contributed by atoms with Gasteiger partial charge in [0.05, 0.1) is 6.21 Å². The Morgan fingerprint density at radius 3 is 2.88 bits per heavy atom. The number of oxime groups is 1. The Balaban J connectivity index is 3.21. The second-order valence-electron chi connectivity index (χ2n) is 1.51. The maximum Gasteiger partial charge on any atom is 0.106 e. The maximum absolute atomic E-state index is 5.43. The van der Waals surface area contributed by atoms with E-state index in [9.17, 15) is 0 Å². The molecule has 3 nitrogen and oxygen atoms in total. The third kappa shape index (κ3) is 3.61. The lowest BCUT2D eigenvalue weighted by atomic mass is 10.3. The smallest absolute Gasteiger partial charge is 0.106 e. The Morgan fingerprint density at radius 1 is 1.88 bits per heavy atom. The fourth-order valence-corrected chi connectivity index (χ4v) is 0.244. The van der Waals surface area contributed by atoms with Crippen LogP contribution in [0.2, 0.25) is 0 Å². The van der Waals surface area contributed by atoms with Crippen LogP contribution in [0.25, 0.3) is 0 Å². The second-order valence-corrected chi connectivity index (χ2v) is 1.51. The molecule has 0 amide bonds. The van der Waals surface area contributed by atoms with Crippen molar-refractivity contribution in [2.45, 2.75) is 19.4 Å². The van der Waals surface area contributed by atoms with Gasteiger partial charge in [-0.2, -0.15) is 0 Å². The Bertz CT molecular complexity index is 72.8. The average molecular weight is 116 g/mol. The van der Waals surface area contributed by atoms with Crippen LogP contribution in [0, 0.1) is 0 Å². The van der Waals surface area contributed by atoms with Gasteiger partial charge in [0, 0.05) is 6.04 Å². The summed E-state index contributed by atoms with van der Waals surface area (Å²) < 4.78 is 0. The number of rotatable bonds is 3. The fraction of sp³-hybridized carbons (Fsp3) is 0.800. The van der Waals surface area contributed by atoms with Gasteiger partial charge in [-0.05, 0) is 6.42 Å². The highest BCUT2D eigenvalue weighted by molar-refractivity contribution is 5.62. The third-order valence-electron chi connectivity index (χ3n) is 0.829. The van der Waals surface area contributed by atoms with E-state index in [4.69, 9.17) is 5.73 Å². The quantitative estimate of drug-likeness (QED) is 0.427. The first-order valence-electron chi connectivity index (χ1n) is 2.63. The minimum Gasteiger partial charge on any atom is -0.399 e. The molecular formula is C5H12N2O. The molecule has 0 saturated heterocycles. The summed E-state index contributed by atoms with van der Waals surface area (Å²) in [5.74, 6) is 0. The normalized spacial score (nSPS) is 14.4. The molecule has 48 valence electrons. The highest BCUT2D eigenvalue weighted by Crippen LogP contribution is 1.79. The Morgan fingerprint density at radius 2 is 2.50 bits per heavy atom. The lowest BCUT2D eigenvalue weighted by Crippen LogP contribution is -2.19. The molecule has 0 aromatic heterocycles. The molecular weight excluding hydrogens is 104 g/mol. The van der Waals surface area contributed by atoms with E-state index in [-0.39, 0.29) is 6.04 Å². The zero-order valence-electron chi connectivity index (χ0n) is 5.29. The molecule has 0 fully saturated rings. The number of hydrogen-bond donors (Lipinski definition) is 1. The van der Waals surface area contributed by atoms with Gasteiger partial charge in [0.25, 0.3) is 0 Å².